The van der Waals surface area contributed by atoms with E-state index in [0.717, 1.165) is 6.54 Å². The van der Waals surface area contributed by atoms with Crippen molar-refractivity contribution in [1.29, 1.82) is 5.26 Å². The molecule has 0 spiro atoms. The van der Waals surface area contributed by atoms with Crippen molar-refractivity contribution < 1.29 is 0 Å². The van der Waals surface area contributed by atoms with Crippen molar-refractivity contribution in [2.24, 2.45) is 0 Å². The van der Waals surface area contributed by atoms with Gasteiger partial charge in [0.2, 0.25) is 0 Å². The van der Waals surface area contributed by atoms with Crippen LogP contribution < -0.4 is 5.32 Å². The molecule has 60 valence electrons. The van der Waals surface area contributed by atoms with Crippen molar-refractivity contribution in [2.45, 2.75) is 6.54 Å². The van der Waals surface area contributed by atoms with Crippen LogP contribution in [0, 0.1) is 11.3 Å². The van der Waals surface area contributed by atoms with Crippen molar-refractivity contribution in [3.05, 3.63) is 48.2 Å². The van der Waals surface area contributed by atoms with E-state index in [0.29, 0.717) is 0 Å². The Hall–Kier alpha value is -1.75. The minimum Gasteiger partial charge on any atom is -0.386 e. The van der Waals surface area contributed by atoms with E-state index in [1.54, 1.807) is 6.20 Å². The lowest BCUT2D eigenvalue weighted by molar-refractivity contribution is 0.870. The molecule has 12 heavy (non-hydrogen) atoms. The van der Waals surface area contributed by atoms with Gasteiger partial charge in [0.1, 0.15) is 0 Å². The van der Waals surface area contributed by atoms with Crippen molar-refractivity contribution in [1.82, 2.24) is 5.32 Å². The summed E-state index contributed by atoms with van der Waals surface area (Å²) in [6.45, 7) is 0.763. The van der Waals surface area contributed by atoms with E-state index in [-0.39, 0.29) is 0 Å². The zero-order valence-corrected chi connectivity index (χ0v) is 6.70. The molecule has 0 amide bonds. The largest absolute Gasteiger partial charge is 0.386 e. The third kappa shape index (κ3) is 2.89. The maximum absolute atomic E-state index is 8.19. The van der Waals surface area contributed by atoms with Gasteiger partial charge in [-0.15, -0.1) is 0 Å². The van der Waals surface area contributed by atoms with Crippen molar-refractivity contribution in [2.75, 3.05) is 0 Å². The van der Waals surface area contributed by atoms with Crippen molar-refractivity contribution in [3.8, 4) is 6.07 Å². The Morgan fingerprint density at radius 2 is 2.08 bits per heavy atom. The molecule has 0 fully saturated rings. The lowest BCUT2D eigenvalue weighted by Crippen LogP contribution is -2.03. The molecule has 0 saturated heterocycles. The summed E-state index contributed by atoms with van der Waals surface area (Å²) in [5, 5.41) is 11.2. The summed E-state index contributed by atoms with van der Waals surface area (Å²) < 4.78 is 0. The van der Waals surface area contributed by atoms with E-state index in [4.69, 9.17) is 5.26 Å². The molecule has 2 heteroatoms. The molecule has 1 aromatic rings. The fourth-order valence-corrected chi connectivity index (χ4v) is 0.869. The highest BCUT2D eigenvalue weighted by molar-refractivity contribution is 5.14. The number of hydrogen-bond acceptors (Lipinski definition) is 2. The Morgan fingerprint density at radius 1 is 1.33 bits per heavy atom. The molecule has 0 radical (unpaired) electrons. The van der Waals surface area contributed by atoms with Crippen LogP contribution in [0.5, 0.6) is 0 Å². The van der Waals surface area contributed by atoms with E-state index in [1.807, 2.05) is 36.4 Å². The average Bonchev–Trinajstić information content (AvgIpc) is 2.14. The molecule has 1 N–H and O–H groups in total. The van der Waals surface area contributed by atoms with Crippen LogP contribution in [-0.4, -0.2) is 0 Å². The van der Waals surface area contributed by atoms with Gasteiger partial charge in [-0.1, -0.05) is 30.3 Å². The molecule has 0 unspecified atom stereocenters. The van der Waals surface area contributed by atoms with Gasteiger partial charge >= 0.3 is 0 Å². The fourth-order valence-electron chi connectivity index (χ4n) is 0.869. The number of nitrogens with zero attached hydrogens (tertiary/aromatic N) is 1. The Labute approximate surface area is 72.1 Å². The van der Waals surface area contributed by atoms with E-state index in [2.05, 4.69) is 5.32 Å². The van der Waals surface area contributed by atoms with Crippen LogP contribution in [0.4, 0.5) is 0 Å². The minimum absolute atomic E-state index is 0.763. The van der Waals surface area contributed by atoms with Gasteiger partial charge in [-0.25, -0.2) is 0 Å². The summed E-state index contributed by atoms with van der Waals surface area (Å²) in [4.78, 5) is 0. The molecule has 0 saturated carbocycles. The van der Waals surface area contributed by atoms with Gasteiger partial charge in [-0.3, -0.25) is 0 Å². The molecule has 1 aromatic carbocycles. The third-order valence-corrected chi connectivity index (χ3v) is 1.42. The molecule has 0 aliphatic carbocycles. The summed E-state index contributed by atoms with van der Waals surface area (Å²) in [5.41, 5.74) is 1.21. The third-order valence-electron chi connectivity index (χ3n) is 1.42. The molecule has 0 aromatic heterocycles. The Balaban J connectivity index is 2.35. The number of benzene rings is 1. The van der Waals surface area contributed by atoms with Crippen LogP contribution in [-0.2, 0) is 6.54 Å². The van der Waals surface area contributed by atoms with E-state index >= 15 is 0 Å². The van der Waals surface area contributed by atoms with Crippen LogP contribution in [0.2, 0.25) is 0 Å². The SMILES string of the molecule is N#C/C=C/NCc1ccccc1. The predicted octanol–water partition coefficient (Wildman–Crippen LogP) is 1.81. The Morgan fingerprint density at radius 3 is 2.75 bits per heavy atom. The van der Waals surface area contributed by atoms with E-state index < -0.39 is 0 Å². The van der Waals surface area contributed by atoms with Crippen LogP contribution in [0.3, 0.4) is 0 Å². The lowest BCUT2D eigenvalue weighted by atomic mass is 10.2. The van der Waals surface area contributed by atoms with Gasteiger partial charge in [0.15, 0.2) is 0 Å². The first-order valence-corrected chi connectivity index (χ1v) is 3.75. The number of hydrogen-bond donors (Lipinski definition) is 1. The number of nitrogens with one attached hydrogen (secondary N) is 1. The lowest BCUT2D eigenvalue weighted by Gasteiger charge is -1.98. The smallest absolute Gasteiger partial charge is 0.0927 e. The summed E-state index contributed by atoms with van der Waals surface area (Å²) in [5.74, 6) is 0. The number of nitriles is 1. The van der Waals surface area contributed by atoms with Crippen LogP contribution in [0.1, 0.15) is 5.56 Å². The second-order valence-corrected chi connectivity index (χ2v) is 2.33. The van der Waals surface area contributed by atoms with Crippen LogP contribution >= 0.6 is 0 Å². The van der Waals surface area contributed by atoms with Crippen LogP contribution in [0.25, 0.3) is 0 Å². The van der Waals surface area contributed by atoms with Crippen LogP contribution in [0.15, 0.2) is 42.6 Å². The fraction of sp³-hybridized carbons (Fsp3) is 0.100. The molecular formula is C10H10N2. The summed E-state index contributed by atoms with van der Waals surface area (Å²) in [7, 11) is 0. The Bertz CT molecular complexity index is 282. The molecular weight excluding hydrogens is 148 g/mol. The monoisotopic (exact) mass is 158 g/mol. The number of allylic oxidation sites excluding steroid dienone is 1. The highest BCUT2D eigenvalue weighted by atomic mass is 14.8. The zero-order chi connectivity index (χ0) is 8.65. The van der Waals surface area contributed by atoms with Gasteiger partial charge in [0.25, 0.3) is 0 Å². The molecule has 0 bridgehead atoms. The van der Waals surface area contributed by atoms with Gasteiger partial charge < -0.3 is 5.32 Å². The number of rotatable bonds is 3. The first kappa shape index (κ1) is 8.35. The van der Waals surface area contributed by atoms with Gasteiger partial charge in [-0.2, -0.15) is 5.26 Å². The molecule has 0 aliphatic rings. The second kappa shape index (κ2) is 4.97. The maximum atomic E-state index is 8.19. The van der Waals surface area contributed by atoms with Gasteiger partial charge in [0.05, 0.1) is 6.07 Å². The topological polar surface area (TPSA) is 35.8 Å². The average molecular weight is 158 g/mol. The van der Waals surface area contributed by atoms with Gasteiger partial charge in [0, 0.05) is 18.8 Å². The van der Waals surface area contributed by atoms with E-state index in [9.17, 15) is 0 Å². The molecule has 2 nitrogen and oxygen atoms in total. The quantitative estimate of drug-likeness (QED) is 0.681. The molecule has 1 rings (SSSR count). The summed E-state index contributed by atoms with van der Waals surface area (Å²) >= 11 is 0. The molecule has 0 atom stereocenters. The highest BCUT2D eigenvalue weighted by Crippen LogP contribution is 1.96. The summed E-state index contributed by atoms with van der Waals surface area (Å²) in [6.07, 6.45) is 3.07. The zero-order valence-electron chi connectivity index (χ0n) is 6.70. The maximum Gasteiger partial charge on any atom is 0.0927 e. The first-order valence-electron chi connectivity index (χ1n) is 3.75. The molecule has 0 heterocycles. The summed E-state index contributed by atoms with van der Waals surface area (Å²) in [6, 6.07) is 11.9. The molecule has 0 aliphatic heterocycles. The normalized spacial score (nSPS) is 9.58. The minimum atomic E-state index is 0.763. The van der Waals surface area contributed by atoms with Crippen molar-refractivity contribution in [3.63, 3.8) is 0 Å². The van der Waals surface area contributed by atoms with Gasteiger partial charge in [-0.05, 0) is 5.56 Å². The van der Waals surface area contributed by atoms with Crippen molar-refractivity contribution >= 4 is 0 Å². The second-order valence-electron chi connectivity index (χ2n) is 2.33. The predicted molar refractivity (Wildman–Crippen MR) is 48.0 cm³/mol. The van der Waals surface area contributed by atoms with E-state index in [1.165, 1.54) is 11.6 Å². The highest BCUT2D eigenvalue weighted by Gasteiger charge is 1.85. The first-order chi connectivity index (χ1) is 5.93. The Kier molecular flexibility index (Phi) is 3.46. The standard InChI is InChI=1S/C10H10N2/c11-7-4-8-12-9-10-5-2-1-3-6-10/h1-6,8,12H,9H2/b8-4+.